The molecule has 98 valence electrons. The van der Waals surface area contributed by atoms with E-state index in [0.717, 1.165) is 18.5 Å². The number of aromatic nitrogens is 3. The Labute approximate surface area is 110 Å². The first-order chi connectivity index (χ1) is 9.24. The van der Waals surface area contributed by atoms with Crippen LogP contribution in [0.1, 0.15) is 40.3 Å². The van der Waals surface area contributed by atoms with Crippen molar-refractivity contribution in [3.05, 3.63) is 47.3 Å². The maximum absolute atomic E-state index is 10.8. The van der Waals surface area contributed by atoms with Gasteiger partial charge < -0.3 is 9.67 Å². The summed E-state index contributed by atoms with van der Waals surface area (Å²) in [6.45, 7) is 0.655. The Morgan fingerprint density at radius 3 is 2.84 bits per heavy atom. The van der Waals surface area contributed by atoms with Crippen molar-refractivity contribution in [2.75, 3.05) is 0 Å². The molecular formula is C14H15N3O2. The van der Waals surface area contributed by atoms with Crippen LogP contribution in [0.25, 0.3) is 0 Å². The molecule has 0 aliphatic heterocycles. The molecule has 5 heteroatoms. The number of carboxylic acid groups (broad SMARTS) is 1. The van der Waals surface area contributed by atoms with Gasteiger partial charge in [-0.3, -0.25) is 4.98 Å². The quantitative estimate of drug-likeness (QED) is 0.911. The lowest BCUT2D eigenvalue weighted by atomic mass is 10.0. The standard InChI is InChI=1S/C14H15N3O2/c18-14(19)10-5-6-11(15-7-10)8-17-9-16-12-3-1-2-4-13(12)17/h5-7,9H,1-4,8H2,(H,18,19). The van der Waals surface area contributed by atoms with Crippen LogP contribution in [-0.4, -0.2) is 25.6 Å². The third-order valence-corrected chi connectivity index (χ3v) is 3.51. The number of imidazole rings is 1. The van der Waals surface area contributed by atoms with Crippen molar-refractivity contribution in [3.8, 4) is 0 Å². The number of carboxylic acids is 1. The largest absolute Gasteiger partial charge is 0.478 e. The highest BCUT2D eigenvalue weighted by molar-refractivity contribution is 5.87. The fraction of sp³-hybridized carbons (Fsp3) is 0.357. The van der Waals surface area contributed by atoms with Crippen molar-refractivity contribution < 1.29 is 9.90 Å². The SMILES string of the molecule is O=C(O)c1ccc(Cn2cnc3c2CCCC3)nc1. The molecule has 1 aliphatic carbocycles. The molecule has 0 saturated heterocycles. The molecule has 5 nitrogen and oxygen atoms in total. The van der Waals surface area contributed by atoms with E-state index in [1.54, 1.807) is 12.1 Å². The van der Waals surface area contributed by atoms with Gasteiger partial charge in [-0.25, -0.2) is 9.78 Å². The van der Waals surface area contributed by atoms with Crippen molar-refractivity contribution in [1.29, 1.82) is 0 Å². The fourth-order valence-electron chi connectivity index (χ4n) is 2.49. The van der Waals surface area contributed by atoms with Gasteiger partial charge in [-0.1, -0.05) is 0 Å². The summed E-state index contributed by atoms with van der Waals surface area (Å²) in [4.78, 5) is 19.4. The van der Waals surface area contributed by atoms with E-state index >= 15 is 0 Å². The number of hydrogen-bond acceptors (Lipinski definition) is 3. The Hall–Kier alpha value is -2.17. The molecule has 0 bridgehead atoms. The molecule has 0 unspecified atom stereocenters. The second-order valence-corrected chi connectivity index (χ2v) is 4.82. The first kappa shape index (κ1) is 11.9. The van der Waals surface area contributed by atoms with Crippen molar-refractivity contribution >= 4 is 5.97 Å². The van der Waals surface area contributed by atoms with Gasteiger partial charge in [-0.05, 0) is 37.8 Å². The lowest BCUT2D eigenvalue weighted by molar-refractivity contribution is 0.0696. The Morgan fingerprint density at radius 1 is 1.26 bits per heavy atom. The summed E-state index contributed by atoms with van der Waals surface area (Å²) < 4.78 is 2.12. The van der Waals surface area contributed by atoms with Crippen LogP contribution in [-0.2, 0) is 19.4 Å². The van der Waals surface area contributed by atoms with Gasteiger partial charge in [0, 0.05) is 11.9 Å². The van der Waals surface area contributed by atoms with E-state index in [4.69, 9.17) is 5.11 Å². The average Bonchev–Trinajstić information content (AvgIpc) is 2.83. The van der Waals surface area contributed by atoms with Crippen LogP contribution in [0.4, 0.5) is 0 Å². The van der Waals surface area contributed by atoms with E-state index in [2.05, 4.69) is 14.5 Å². The summed E-state index contributed by atoms with van der Waals surface area (Å²) in [5.41, 5.74) is 3.58. The second kappa shape index (κ2) is 4.84. The highest BCUT2D eigenvalue weighted by Gasteiger charge is 2.15. The molecule has 0 fully saturated rings. The molecule has 0 saturated carbocycles. The maximum atomic E-state index is 10.8. The molecule has 0 aromatic carbocycles. The number of carbonyl (C=O) groups is 1. The zero-order valence-electron chi connectivity index (χ0n) is 10.5. The smallest absolute Gasteiger partial charge is 0.337 e. The molecule has 2 aromatic rings. The zero-order valence-corrected chi connectivity index (χ0v) is 10.5. The molecule has 2 aromatic heterocycles. The minimum Gasteiger partial charge on any atom is -0.478 e. The van der Waals surface area contributed by atoms with Gasteiger partial charge >= 0.3 is 5.97 Å². The van der Waals surface area contributed by atoms with Gasteiger partial charge in [0.1, 0.15) is 0 Å². The predicted molar refractivity (Wildman–Crippen MR) is 69.2 cm³/mol. The molecule has 0 amide bonds. The second-order valence-electron chi connectivity index (χ2n) is 4.82. The monoisotopic (exact) mass is 257 g/mol. The summed E-state index contributed by atoms with van der Waals surface area (Å²) in [7, 11) is 0. The number of aromatic carboxylic acids is 1. The third-order valence-electron chi connectivity index (χ3n) is 3.51. The summed E-state index contributed by atoms with van der Waals surface area (Å²) in [6, 6.07) is 3.35. The summed E-state index contributed by atoms with van der Waals surface area (Å²) in [5, 5.41) is 8.84. The van der Waals surface area contributed by atoms with E-state index < -0.39 is 5.97 Å². The summed E-state index contributed by atoms with van der Waals surface area (Å²) >= 11 is 0. The Bertz CT molecular complexity index is 602. The highest BCUT2D eigenvalue weighted by atomic mass is 16.4. The lowest BCUT2D eigenvalue weighted by Crippen LogP contribution is -2.10. The molecule has 0 radical (unpaired) electrons. The van der Waals surface area contributed by atoms with Gasteiger partial charge in [0.05, 0.1) is 29.8 Å². The molecule has 0 spiro atoms. The van der Waals surface area contributed by atoms with Crippen LogP contribution in [0.5, 0.6) is 0 Å². The van der Waals surface area contributed by atoms with E-state index in [1.807, 2.05) is 6.33 Å². The van der Waals surface area contributed by atoms with Gasteiger partial charge in [-0.2, -0.15) is 0 Å². The van der Waals surface area contributed by atoms with Gasteiger partial charge in [0.15, 0.2) is 0 Å². The molecule has 2 heterocycles. The van der Waals surface area contributed by atoms with Crippen molar-refractivity contribution in [3.63, 3.8) is 0 Å². The Morgan fingerprint density at radius 2 is 2.11 bits per heavy atom. The first-order valence-corrected chi connectivity index (χ1v) is 6.45. The van der Waals surface area contributed by atoms with Crippen LogP contribution >= 0.6 is 0 Å². The number of aryl methyl sites for hydroxylation is 1. The number of nitrogens with zero attached hydrogens (tertiary/aromatic N) is 3. The number of rotatable bonds is 3. The van der Waals surface area contributed by atoms with Crippen LogP contribution in [0.3, 0.4) is 0 Å². The predicted octanol–water partition coefficient (Wildman–Crippen LogP) is 1.90. The van der Waals surface area contributed by atoms with E-state index in [-0.39, 0.29) is 5.56 Å². The molecule has 1 N–H and O–H groups in total. The highest BCUT2D eigenvalue weighted by Crippen LogP contribution is 2.20. The van der Waals surface area contributed by atoms with Gasteiger partial charge in [-0.15, -0.1) is 0 Å². The first-order valence-electron chi connectivity index (χ1n) is 6.45. The zero-order chi connectivity index (χ0) is 13.2. The topological polar surface area (TPSA) is 68.0 Å². The molecular weight excluding hydrogens is 242 g/mol. The third kappa shape index (κ3) is 2.36. The number of hydrogen-bond donors (Lipinski definition) is 1. The number of pyridine rings is 1. The van der Waals surface area contributed by atoms with Crippen molar-refractivity contribution in [2.45, 2.75) is 32.2 Å². The Balaban J connectivity index is 1.81. The van der Waals surface area contributed by atoms with Gasteiger partial charge in [0.2, 0.25) is 0 Å². The van der Waals surface area contributed by atoms with E-state index in [0.29, 0.717) is 6.54 Å². The summed E-state index contributed by atoms with van der Waals surface area (Å²) in [6.07, 6.45) is 7.83. The van der Waals surface area contributed by atoms with Crippen LogP contribution in [0.15, 0.2) is 24.7 Å². The molecule has 0 atom stereocenters. The minimum atomic E-state index is -0.945. The van der Waals surface area contributed by atoms with Crippen molar-refractivity contribution in [1.82, 2.24) is 14.5 Å². The van der Waals surface area contributed by atoms with Crippen LogP contribution in [0, 0.1) is 0 Å². The van der Waals surface area contributed by atoms with Crippen molar-refractivity contribution in [2.24, 2.45) is 0 Å². The van der Waals surface area contributed by atoms with Crippen LogP contribution < -0.4 is 0 Å². The fourth-order valence-corrected chi connectivity index (χ4v) is 2.49. The van der Waals surface area contributed by atoms with E-state index in [1.165, 1.54) is 30.4 Å². The normalized spacial score (nSPS) is 14.1. The molecule has 3 rings (SSSR count). The molecule has 1 aliphatic rings. The van der Waals surface area contributed by atoms with Crippen LogP contribution in [0.2, 0.25) is 0 Å². The molecule has 19 heavy (non-hydrogen) atoms. The average molecular weight is 257 g/mol. The lowest BCUT2D eigenvalue weighted by Gasteiger charge is -2.13. The summed E-state index contributed by atoms with van der Waals surface area (Å²) in [5.74, 6) is -0.945. The van der Waals surface area contributed by atoms with E-state index in [9.17, 15) is 4.79 Å². The van der Waals surface area contributed by atoms with Gasteiger partial charge in [0.25, 0.3) is 0 Å². The minimum absolute atomic E-state index is 0.219. The number of fused-ring (bicyclic) bond motifs is 1. The Kier molecular flexibility index (Phi) is 3.03. The maximum Gasteiger partial charge on any atom is 0.337 e.